The number of halogens is 1. The van der Waals surface area contributed by atoms with Crippen molar-refractivity contribution in [3.05, 3.63) is 53.8 Å². The van der Waals surface area contributed by atoms with Gasteiger partial charge in [-0.05, 0) is 18.2 Å². The predicted octanol–water partition coefficient (Wildman–Crippen LogP) is 3.00. The zero-order valence-electron chi connectivity index (χ0n) is 10.0. The first-order chi connectivity index (χ1) is 8.70. The van der Waals surface area contributed by atoms with Crippen LogP contribution in [0.5, 0.6) is 11.5 Å². The minimum atomic E-state index is -0.376. The van der Waals surface area contributed by atoms with Crippen molar-refractivity contribution in [1.82, 2.24) is 0 Å². The van der Waals surface area contributed by atoms with Crippen LogP contribution in [0, 0.1) is 5.82 Å². The summed E-state index contributed by atoms with van der Waals surface area (Å²) < 4.78 is 23.8. The van der Waals surface area contributed by atoms with Gasteiger partial charge in [0.15, 0.2) is 0 Å². The van der Waals surface area contributed by atoms with Gasteiger partial charge in [-0.3, -0.25) is 0 Å². The monoisotopic (exact) mass is 247 g/mol. The second kappa shape index (κ2) is 5.40. The molecule has 0 spiro atoms. The van der Waals surface area contributed by atoms with Gasteiger partial charge in [0.2, 0.25) is 0 Å². The van der Waals surface area contributed by atoms with E-state index in [0.29, 0.717) is 11.4 Å². The summed E-state index contributed by atoms with van der Waals surface area (Å²) in [6.07, 6.45) is 0. The van der Waals surface area contributed by atoms with Crippen LogP contribution in [0.25, 0.3) is 0 Å². The lowest BCUT2D eigenvalue weighted by Crippen LogP contribution is -2.01. The van der Waals surface area contributed by atoms with Gasteiger partial charge in [-0.2, -0.15) is 0 Å². The molecule has 0 fully saturated rings. The molecule has 0 aliphatic carbocycles. The fraction of sp³-hybridized carbons (Fsp3) is 0.143. The van der Waals surface area contributed by atoms with E-state index in [-0.39, 0.29) is 12.4 Å². The molecule has 2 aromatic carbocycles. The Labute approximate surface area is 105 Å². The number of hydrogen-bond acceptors (Lipinski definition) is 3. The lowest BCUT2D eigenvalue weighted by Gasteiger charge is -2.11. The Morgan fingerprint density at radius 1 is 1.11 bits per heavy atom. The average Bonchev–Trinajstić information content (AvgIpc) is 2.40. The van der Waals surface area contributed by atoms with E-state index in [1.54, 1.807) is 7.11 Å². The zero-order chi connectivity index (χ0) is 13.0. The number of ether oxygens (including phenoxy) is 2. The molecule has 2 rings (SSSR count). The van der Waals surface area contributed by atoms with E-state index in [1.807, 2.05) is 24.3 Å². The van der Waals surface area contributed by atoms with Crippen LogP contribution >= 0.6 is 0 Å². The molecule has 4 heteroatoms. The van der Waals surface area contributed by atoms with Gasteiger partial charge in [-0.15, -0.1) is 0 Å². The van der Waals surface area contributed by atoms with E-state index in [4.69, 9.17) is 15.2 Å². The van der Waals surface area contributed by atoms with Gasteiger partial charge in [-0.1, -0.05) is 18.2 Å². The van der Waals surface area contributed by atoms with E-state index in [2.05, 4.69) is 0 Å². The van der Waals surface area contributed by atoms with Crippen molar-refractivity contribution in [2.45, 2.75) is 6.61 Å². The SMILES string of the molecule is COc1ccccc1COc1cc(F)ccc1N. The normalized spacial score (nSPS) is 10.1. The highest BCUT2D eigenvalue weighted by Crippen LogP contribution is 2.25. The van der Waals surface area contributed by atoms with Gasteiger partial charge in [0.25, 0.3) is 0 Å². The van der Waals surface area contributed by atoms with Crippen LogP contribution in [0.15, 0.2) is 42.5 Å². The molecule has 0 amide bonds. The quantitative estimate of drug-likeness (QED) is 0.845. The van der Waals surface area contributed by atoms with Gasteiger partial charge >= 0.3 is 0 Å². The molecule has 0 unspecified atom stereocenters. The van der Waals surface area contributed by atoms with Crippen molar-refractivity contribution in [2.24, 2.45) is 0 Å². The first kappa shape index (κ1) is 12.2. The topological polar surface area (TPSA) is 44.5 Å². The standard InChI is InChI=1S/C14H14FNO2/c1-17-13-5-3-2-4-10(13)9-18-14-8-11(15)6-7-12(14)16/h2-8H,9,16H2,1H3. The number of methoxy groups -OCH3 is 1. The van der Waals surface area contributed by atoms with Crippen molar-refractivity contribution in [3.63, 3.8) is 0 Å². The number of hydrogen-bond donors (Lipinski definition) is 1. The van der Waals surface area contributed by atoms with E-state index in [0.717, 1.165) is 11.3 Å². The van der Waals surface area contributed by atoms with Crippen LogP contribution in [0.1, 0.15) is 5.56 Å². The summed E-state index contributed by atoms with van der Waals surface area (Å²) in [6, 6.07) is 11.5. The van der Waals surface area contributed by atoms with Crippen LogP contribution in [0.4, 0.5) is 10.1 Å². The smallest absolute Gasteiger partial charge is 0.145 e. The number of anilines is 1. The Bertz CT molecular complexity index is 543. The molecule has 2 aromatic rings. The lowest BCUT2D eigenvalue weighted by atomic mass is 10.2. The second-order valence-electron chi connectivity index (χ2n) is 3.78. The molecule has 0 saturated carbocycles. The summed E-state index contributed by atoms with van der Waals surface area (Å²) in [5.41, 5.74) is 6.99. The maximum absolute atomic E-state index is 13.1. The minimum Gasteiger partial charge on any atom is -0.496 e. The van der Waals surface area contributed by atoms with E-state index in [1.165, 1.54) is 18.2 Å². The fourth-order valence-corrected chi connectivity index (χ4v) is 1.61. The number of benzene rings is 2. The molecule has 0 atom stereocenters. The molecule has 94 valence electrons. The molecular formula is C14H14FNO2. The highest BCUT2D eigenvalue weighted by atomic mass is 19.1. The van der Waals surface area contributed by atoms with Crippen LogP contribution < -0.4 is 15.2 Å². The van der Waals surface area contributed by atoms with Crippen LogP contribution in [-0.4, -0.2) is 7.11 Å². The molecule has 0 aliphatic heterocycles. The highest BCUT2D eigenvalue weighted by Gasteiger charge is 2.05. The lowest BCUT2D eigenvalue weighted by molar-refractivity contribution is 0.297. The van der Waals surface area contributed by atoms with Crippen LogP contribution in [0.3, 0.4) is 0 Å². The molecule has 0 aromatic heterocycles. The van der Waals surface area contributed by atoms with Crippen molar-refractivity contribution in [3.8, 4) is 11.5 Å². The van der Waals surface area contributed by atoms with Gasteiger partial charge in [0.1, 0.15) is 23.9 Å². The first-order valence-corrected chi connectivity index (χ1v) is 5.50. The average molecular weight is 247 g/mol. The predicted molar refractivity (Wildman–Crippen MR) is 68.1 cm³/mol. The fourth-order valence-electron chi connectivity index (χ4n) is 1.61. The molecule has 0 aliphatic rings. The summed E-state index contributed by atoms with van der Waals surface area (Å²) in [4.78, 5) is 0. The zero-order valence-corrected chi connectivity index (χ0v) is 10.0. The van der Waals surface area contributed by atoms with E-state index in [9.17, 15) is 4.39 Å². The summed E-state index contributed by atoms with van der Waals surface area (Å²) in [7, 11) is 1.59. The van der Waals surface area contributed by atoms with Crippen molar-refractivity contribution in [1.29, 1.82) is 0 Å². The number of nitrogen functional groups attached to an aromatic ring is 1. The second-order valence-corrected chi connectivity index (χ2v) is 3.78. The largest absolute Gasteiger partial charge is 0.496 e. The molecular weight excluding hydrogens is 233 g/mol. The first-order valence-electron chi connectivity index (χ1n) is 5.50. The van der Waals surface area contributed by atoms with Crippen LogP contribution in [0.2, 0.25) is 0 Å². The number of rotatable bonds is 4. The Balaban J connectivity index is 2.14. The Hall–Kier alpha value is -2.23. The third-order valence-electron chi connectivity index (χ3n) is 2.55. The van der Waals surface area contributed by atoms with E-state index < -0.39 is 0 Å². The molecule has 0 bridgehead atoms. The van der Waals surface area contributed by atoms with Crippen molar-refractivity contribution in [2.75, 3.05) is 12.8 Å². The number of nitrogens with two attached hydrogens (primary N) is 1. The third-order valence-corrected chi connectivity index (χ3v) is 2.55. The number of para-hydroxylation sites is 1. The Kier molecular flexibility index (Phi) is 3.67. The molecule has 0 radical (unpaired) electrons. The molecule has 0 saturated heterocycles. The van der Waals surface area contributed by atoms with Gasteiger partial charge in [-0.25, -0.2) is 4.39 Å². The van der Waals surface area contributed by atoms with Gasteiger partial charge in [0.05, 0.1) is 12.8 Å². The van der Waals surface area contributed by atoms with E-state index >= 15 is 0 Å². The summed E-state index contributed by atoms with van der Waals surface area (Å²) in [5.74, 6) is 0.688. The Morgan fingerprint density at radius 3 is 2.67 bits per heavy atom. The minimum absolute atomic E-state index is 0.275. The molecule has 0 heterocycles. The summed E-state index contributed by atoms with van der Waals surface area (Å²) in [6.45, 7) is 0.275. The molecule has 3 nitrogen and oxygen atoms in total. The summed E-state index contributed by atoms with van der Waals surface area (Å²) in [5, 5.41) is 0. The maximum Gasteiger partial charge on any atom is 0.145 e. The van der Waals surface area contributed by atoms with Crippen molar-refractivity contribution >= 4 is 5.69 Å². The third kappa shape index (κ3) is 2.71. The van der Waals surface area contributed by atoms with Gasteiger partial charge < -0.3 is 15.2 Å². The highest BCUT2D eigenvalue weighted by molar-refractivity contribution is 5.52. The Morgan fingerprint density at radius 2 is 1.89 bits per heavy atom. The van der Waals surface area contributed by atoms with Crippen molar-refractivity contribution < 1.29 is 13.9 Å². The van der Waals surface area contributed by atoms with Crippen LogP contribution in [-0.2, 0) is 6.61 Å². The maximum atomic E-state index is 13.1. The van der Waals surface area contributed by atoms with Gasteiger partial charge in [0, 0.05) is 11.6 Å². The summed E-state index contributed by atoms with van der Waals surface area (Å²) >= 11 is 0. The molecule has 18 heavy (non-hydrogen) atoms. The molecule has 2 N–H and O–H groups in total.